The number of primary amides is 1. The Balaban J connectivity index is 2.20. The number of nitrogens with two attached hydrogens (primary N) is 1. The van der Waals surface area contributed by atoms with Gasteiger partial charge in [-0.25, -0.2) is 9.78 Å². The molecule has 0 bridgehead atoms. The van der Waals surface area contributed by atoms with Crippen LogP contribution in [-0.4, -0.2) is 33.4 Å². The van der Waals surface area contributed by atoms with Crippen molar-refractivity contribution in [2.45, 2.75) is 39.2 Å². The largest absolute Gasteiger partial charge is 0.442 e. The number of hydrogen-bond acceptors (Lipinski definition) is 5. The van der Waals surface area contributed by atoms with Crippen LogP contribution in [0.15, 0.2) is 58.3 Å². The van der Waals surface area contributed by atoms with Gasteiger partial charge in [0.25, 0.3) is 5.56 Å². The van der Waals surface area contributed by atoms with Crippen LogP contribution in [0.3, 0.4) is 0 Å². The van der Waals surface area contributed by atoms with Gasteiger partial charge in [-0.15, -0.1) is 0 Å². The zero-order valence-corrected chi connectivity index (χ0v) is 17.8. The van der Waals surface area contributed by atoms with Crippen molar-refractivity contribution in [2.75, 3.05) is 0 Å². The number of ether oxygens (including phenoxy) is 1. The van der Waals surface area contributed by atoms with Crippen LogP contribution in [0.25, 0.3) is 16.6 Å². The van der Waals surface area contributed by atoms with E-state index in [1.807, 2.05) is 6.07 Å². The molecule has 1 heterocycles. The second-order valence-corrected chi connectivity index (χ2v) is 8.06. The lowest BCUT2D eigenvalue weighted by Gasteiger charge is -2.18. The van der Waals surface area contributed by atoms with Crippen LogP contribution in [0.4, 0.5) is 4.79 Å². The molecule has 0 saturated carbocycles. The molecule has 0 aliphatic heterocycles. The maximum Gasteiger partial charge on any atom is 0.433 e. The maximum absolute atomic E-state index is 13.5. The van der Waals surface area contributed by atoms with Crippen molar-refractivity contribution in [1.82, 2.24) is 9.55 Å². The lowest BCUT2D eigenvalue weighted by molar-refractivity contribution is 0.0604. The molecule has 1 aromatic heterocycles. The Hall–Kier alpha value is -3.81. The van der Waals surface area contributed by atoms with Gasteiger partial charge in [0.1, 0.15) is 11.4 Å². The minimum atomic E-state index is -0.732. The Morgan fingerprint density at radius 3 is 2.42 bits per heavy atom. The van der Waals surface area contributed by atoms with Crippen LogP contribution in [-0.2, 0) is 4.74 Å². The third-order valence-electron chi connectivity index (χ3n) is 4.41. The summed E-state index contributed by atoms with van der Waals surface area (Å²) in [4.78, 5) is 45.9. The third-order valence-corrected chi connectivity index (χ3v) is 4.41. The van der Waals surface area contributed by atoms with E-state index in [2.05, 4.69) is 9.98 Å². The zero-order chi connectivity index (χ0) is 22.8. The van der Waals surface area contributed by atoms with Crippen LogP contribution in [0.1, 0.15) is 49.8 Å². The molecular weight excluding hydrogens is 396 g/mol. The molecule has 0 saturated heterocycles. The molecule has 31 heavy (non-hydrogen) atoms. The topological polar surface area (TPSA) is 117 Å². The highest BCUT2D eigenvalue weighted by Crippen LogP contribution is 2.21. The summed E-state index contributed by atoms with van der Waals surface area (Å²) < 4.78 is 6.60. The van der Waals surface area contributed by atoms with Crippen molar-refractivity contribution in [3.8, 4) is 5.69 Å². The molecule has 8 heteroatoms. The average Bonchev–Trinajstić information content (AvgIpc) is 2.70. The maximum atomic E-state index is 13.5. The Bertz CT molecular complexity index is 1220. The van der Waals surface area contributed by atoms with Gasteiger partial charge in [-0.3, -0.25) is 14.2 Å². The van der Waals surface area contributed by atoms with Crippen molar-refractivity contribution in [2.24, 2.45) is 10.7 Å². The first-order valence-corrected chi connectivity index (χ1v) is 9.76. The van der Waals surface area contributed by atoms with Gasteiger partial charge in [-0.2, -0.15) is 4.99 Å². The molecule has 2 N–H and O–H groups in total. The highest BCUT2D eigenvalue weighted by molar-refractivity contribution is 6.05. The molecule has 0 spiro atoms. The van der Waals surface area contributed by atoms with Gasteiger partial charge in [0, 0.05) is 6.21 Å². The number of nitrogens with zero attached hydrogens (tertiary/aromatic N) is 3. The molecule has 3 rings (SSSR count). The molecule has 0 fully saturated rings. The van der Waals surface area contributed by atoms with Crippen LogP contribution in [0.2, 0.25) is 0 Å². The van der Waals surface area contributed by atoms with Gasteiger partial charge in [-0.05, 0) is 45.0 Å². The number of para-hydroxylation sites is 1. The molecule has 8 nitrogen and oxygen atoms in total. The number of rotatable bonds is 4. The molecule has 1 unspecified atom stereocenters. The number of hydrogen-bond donors (Lipinski definition) is 1. The number of aliphatic imine (C=N–C) groups is 1. The Morgan fingerprint density at radius 2 is 1.81 bits per heavy atom. The smallest absolute Gasteiger partial charge is 0.433 e. The van der Waals surface area contributed by atoms with Crippen molar-refractivity contribution in [3.05, 3.63) is 70.3 Å². The van der Waals surface area contributed by atoms with E-state index < -0.39 is 29.1 Å². The van der Waals surface area contributed by atoms with Gasteiger partial charge in [0.15, 0.2) is 0 Å². The highest BCUT2D eigenvalue weighted by Gasteiger charge is 2.21. The zero-order valence-electron chi connectivity index (χ0n) is 17.8. The minimum absolute atomic E-state index is 0.0984. The lowest BCUT2D eigenvalue weighted by atomic mass is 10.1. The molecule has 2 amide bonds. The number of benzene rings is 2. The average molecular weight is 420 g/mol. The summed E-state index contributed by atoms with van der Waals surface area (Å²) in [5.41, 5.74) is 5.37. The number of carbonyl (C=O) groups is 2. The van der Waals surface area contributed by atoms with E-state index in [9.17, 15) is 14.4 Å². The summed E-state index contributed by atoms with van der Waals surface area (Å²) in [6.07, 6.45) is 0.656. The SMILES string of the molecule is CC(C=NC(=O)OC(C)(C)C)c1nc2cccc(C(N)=O)c2c(=O)n1-c1ccccc1. The van der Waals surface area contributed by atoms with E-state index in [0.29, 0.717) is 17.0 Å². The first-order chi connectivity index (χ1) is 14.6. The molecule has 1 atom stereocenters. The molecule has 0 aliphatic rings. The summed E-state index contributed by atoms with van der Waals surface area (Å²) in [5.74, 6) is -0.865. The fraction of sp³-hybridized carbons (Fsp3) is 0.261. The lowest BCUT2D eigenvalue weighted by Crippen LogP contribution is -2.28. The van der Waals surface area contributed by atoms with Crippen molar-refractivity contribution in [1.29, 1.82) is 0 Å². The van der Waals surface area contributed by atoms with Crippen LogP contribution in [0.5, 0.6) is 0 Å². The molecule has 160 valence electrons. The van der Waals surface area contributed by atoms with Crippen LogP contribution < -0.4 is 11.3 Å². The monoisotopic (exact) mass is 420 g/mol. The quantitative estimate of drug-likeness (QED) is 0.647. The standard InChI is InChI=1S/C23H24N4O4/c1-14(13-25-22(30)31-23(2,3)4)20-26-17-12-8-11-16(19(24)28)18(17)21(29)27(20)15-9-6-5-7-10-15/h5-14H,1-4H3,(H2,24,28). The predicted molar refractivity (Wildman–Crippen MR) is 119 cm³/mol. The van der Waals surface area contributed by atoms with Gasteiger partial charge < -0.3 is 10.5 Å². The molecule has 2 aromatic carbocycles. The molecular formula is C23H24N4O4. The van der Waals surface area contributed by atoms with Crippen molar-refractivity contribution in [3.63, 3.8) is 0 Å². The summed E-state index contributed by atoms with van der Waals surface area (Å²) in [7, 11) is 0. The molecule has 0 radical (unpaired) electrons. The molecule has 0 aliphatic carbocycles. The highest BCUT2D eigenvalue weighted by atomic mass is 16.6. The third kappa shape index (κ3) is 4.85. The van der Waals surface area contributed by atoms with Gasteiger partial charge in [0.05, 0.1) is 28.1 Å². The second-order valence-electron chi connectivity index (χ2n) is 8.06. The Labute approximate surface area is 179 Å². The van der Waals surface area contributed by atoms with Crippen LogP contribution >= 0.6 is 0 Å². The van der Waals surface area contributed by atoms with E-state index in [-0.39, 0.29) is 10.9 Å². The van der Waals surface area contributed by atoms with E-state index >= 15 is 0 Å². The fourth-order valence-electron chi connectivity index (χ4n) is 3.11. The van der Waals surface area contributed by atoms with E-state index in [0.717, 1.165) is 0 Å². The van der Waals surface area contributed by atoms with Gasteiger partial charge in [0.2, 0.25) is 5.91 Å². The van der Waals surface area contributed by atoms with Crippen molar-refractivity contribution >= 4 is 29.1 Å². The minimum Gasteiger partial charge on any atom is -0.442 e. The predicted octanol–water partition coefficient (Wildman–Crippen LogP) is 3.59. The second kappa shape index (κ2) is 8.51. The summed E-state index contributed by atoms with van der Waals surface area (Å²) in [5, 5.41) is 0.138. The van der Waals surface area contributed by atoms with Crippen molar-refractivity contribution < 1.29 is 14.3 Å². The first-order valence-electron chi connectivity index (χ1n) is 9.76. The van der Waals surface area contributed by atoms with E-state index in [1.165, 1.54) is 16.8 Å². The van der Waals surface area contributed by atoms with E-state index in [4.69, 9.17) is 10.5 Å². The van der Waals surface area contributed by atoms with Gasteiger partial charge in [-0.1, -0.05) is 31.2 Å². The fourth-order valence-corrected chi connectivity index (χ4v) is 3.11. The summed E-state index contributed by atoms with van der Waals surface area (Å²) in [6.45, 7) is 7.01. The number of fused-ring (bicyclic) bond motifs is 1. The summed E-state index contributed by atoms with van der Waals surface area (Å²) in [6, 6.07) is 13.7. The molecule has 3 aromatic rings. The van der Waals surface area contributed by atoms with E-state index in [1.54, 1.807) is 64.1 Å². The number of carbonyl (C=O) groups excluding carboxylic acids is 2. The normalized spacial score (nSPS) is 12.8. The van der Waals surface area contributed by atoms with Gasteiger partial charge >= 0.3 is 6.09 Å². The van der Waals surface area contributed by atoms with Crippen LogP contribution in [0, 0.1) is 0 Å². The summed E-state index contributed by atoms with van der Waals surface area (Å²) >= 11 is 0. The Morgan fingerprint density at radius 1 is 1.13 bits per heavy atom. The number of aromatic nitrogens is 2. The first kappa shape index (κ1) is 21.9. The number of amides is 2. The Kier molecular flexibility index (Phi) is 6.01.